The van der Waals surface area contributed by atoms with Crippen molar-refractivity contribution in [3.05, 3.63) is 32.4 Å². The van der Waals surface area contributed by atoms with Crippen molar-refractivity contribution in [2.24, 2.45) is 0 Å². The minimum atomic E-state index is -3.47. The zero-order valence-corrected chi connectivity index (χ0v) is 17.2. The second kappa shape index (κ2) is 11.0. The fourth-order valence-electron chi connectivity index (χ4n) is 1.98. The third-order valence-corrected chi connectivity index (χ3v) is 6.58. The van der Waals surface area contributed by atoms with Crippen LogP contribution in [-0.4, -0.2) is 36.8 Å². The van der Waals surface area contributed by atoms with Gasteiger partial charge in [0.15, 0.2) is 0 Å². The molecule has 0 aliphatic heterocycles. The number of nitrogens with one attached hydrogen (secondary N) is 1. The highest BCUT2D eigenvalue weighted by Gasteiger charge is 2.31. The maximum absolute atomic E-state index is 12.3. The van der Waals surface area contributed by atoms with Gasteiger partial charge in [-0.2, -0.15) is 0 Å². The molecule has 1 atom stereocenters. The van der Waals surface area contributed by atoms with Crippen molar-refractivity contribution in [2.75, 3.05) is 25.9 Å². The van der Waals surface area contributed by atoms with Crippen molar-refractivity contribution in [1.29, 1.82) is 0 Å². The van der Waals surface area contributed by atoms with Crippen LogP contribution >= 0.6 is 41.6 Å². The van der Waals surface area contributed by atoms with E-state index in [1.165, 1.54) is 0 Å². The lowest BCUT2D eigenvalue weighted by atomic mass is 10.2. The van der Waals surface area contributed by atoms with Crippen LogP contribution in [0, 0.1) is 3.57 Å². The molecule has 132 valence electrons. The van der Waals surface area contributed by atoms with Crippen LogP contribution in [0.15, 0.2) is 18.2 Å². The summed E-state index contributed by atoms with van der Waals surface area (Å²) in [5.41, 5.74) is 1.09. The average molecular weight is 476 g/mol. The minimum Gasteiger partial charge on any atom is -0.345 e. The van der Waals surface area contributed by atoms with Crippen LogP contribution in [0.4, 0.5) is 0 Å². The topological polar surface area (TPSA) is 67.8 Å². The molecular formula is C15H24ClINO4P. The number of hydrogen-bond acceptors (Lipinski definition) is 4. The van der Waals surface area contributed by atoms with Crippen molar-refractivity contribution in [3.8, 4) is 0 Å². The molecule has 0 amide bonds. The zero-order valence-electron chi connectivity index (χ0n) is 13.4. The first kappa shape index (κ1) is 21.4. The molecule has 0 spiro atoms. The summed E-state index contributed by atoms with van der Waals surface area (Å²) in [6.45, 7) is 5.56. The van der Waals surface area contributed by atoms with Gasteiger partial charge >= 0.3 is 0 Å². The van der Waals surface area contributed by atoms with Crippen molar-refractivity contribution < 1.29 is 18.9 Å². The van der Waals surface area contributed by atoms with E-state index in [4.69, 9.17) is 21.1 Å². The third-order valence-electron chi connectivity index (χ3n) is 3.09. The number of rotatable bonds is 11. The minimum absolute atomic E-state index is 0.165. The second-order valence-electron chi connectivity index (χ2n) is 4.98. The Morgan fingerprint density at radius 1 is 1.35 bits per heavy atom. The Morgan fingerprint density at radius 2 is 2.00 bits per heavy atom. The predicted molar refractivity (Wildman–Crippen MR) is 102 cm³/mol. The molecular weight excluding hydrogens is 451 g/mol. The molecule has 0 saturated heterocycles. The summed E-state index contributed by atoms with van der Waals surface area (Å²) >= 11 is 8.26. The Morgan fingerprint density at radius 3 is 2.57 bits per heavy atom. The Labute approximate surface area is 156 Å². The van der Waals surface area contributed by atoms with Gasteiger partial charge in [-0.25, -0.2) is 0 Å². The summed E-state index contributed by atoms with van der Waals surface area (Å²) in [4.78, 5) is 10.1. The SMILES string of the molecule is CCOC(OCC)P(=O)(O)CCCNCc1ccc(I)c(Cl)c1. The monoisotopic (exact) mass is 475 g/mol. The second-order valence-corrected chi connectivity index (χ2v) is 8.93. The first-order valence-electron chi connectivity index (χ1n) is 7.60. The van der Waals surface area contributed by atoms with Crippen LogP contribution < -0.4 is 5.32 Å². The lowest BCUT2D eigenvalue weighted by molar-refractivity contribution is -0.0871. The average Bonchev–Trinajstić information content (AvgIpc) is 2.50. The van der Waals surface area contributed by atoms with E-state index in [2.05, 4.69) is 27.9 Å². The molecule has 0 fully saturated rings. The highest BCUT2D eigenvalue weighted by atomic mass is 127. The fraction of sp³-hybridized carbons (Fsp3) is 0.600. The van der Waals surface area contributed by atoms with Gasteiger partial charge in [0.2, 0.25) is 6.03 Å². The molecule has 1 aromatic rings. The molecule has 23 heavy (non-hydrogen) atoms. The normalized spacial score (nSPS) is 14.2. The smallest absolute Gasteiger partial charge is 0.255 e. The fourth-order valence-corrected chi connectivity index (χ4v) is 4.11. The summed E-state index contributed by atoms with van der Waals surface area (Å²) in [7, 11) is -3.47. The van der Waals surface area contributed by atoms with Gasteiger partial charge < -0.3 is 19.7 Å². The highest BCUT2D eigenvalue weighted by Crippen LogP contribution is 2.47. The van der Waals surface area contributed by atoms with E-state index in [1.807, 2.05) is 18.2 Å². The summed E-state index contributed by atoms with van der Waals surface area (Å²) in [6.07, 6.45) is 0.737. The summed E-state index contributed by atoms with van der Waals surface area (Å²) in [6, 6.07) is 4.88. The van der Waals surface area contributed by atoms with Crippen molar-refractivity contribution >= 4 is 41.6 Å². The van der Waals surface area contributed by atoms with Gasteiger partial charge in [0.1, 0.15) is 0 Å². The van der Waals surface area contributed by atoms with Gasteiger partial charge in [-0.1, -0.05) is 17.7 Å². The number of ether oxygens (including phenoxy) is 2. The summed E-state index contributed by atoms with van der Waals surface area (Å²) in [5.74, 6) is 0. The van der Waals surface area contributed by atoms with Crippen molar-refractivity contribution in [3.63, 3.8) is 0 Å². The molecule has 0 aliphatic rings. The van der Waals surface area contributed by atoms with Gasteiger partial charge in [0.05, 0.1) is 5.02 Å². The van der Waals surface area contributed by atoms with Crippen LogP contribution in [0.3, 0.4) is 0 Å². The van der Waals surface area contributed by atoms with Gasteiger partial charge in [-0.05, 0) is 67.1 Å². The van der Waals surface area contributed by atoms with E-state index < -0.39 is 13.4 Å². The maximum Gasteiger partial charge on any atom is 0.255 e. The van der Waals surface area contributed by atoms with E-state index in [0.717, 1.165) is 14.2 Å². The Kier molecular flexibility index (Phi) is 10.2. The van der Waals surface area contributed by atoms with Crippen LogP contribution in [0.25, 0.3) is 0 Å². The highest BCUT2D eigenvalue weighted by molar-refractivity contribution is 14.1. The van der Waals surface area contributed by atoms with Crippen LogP contribution in [0.5, 0.6) is 0 Å². The summed E-state index contributed by atoms with van der Waals surface area (Å²) < 4.78 is 23.7. The summed E-state index contributed by atoms with van der Waals surface area (Å²) in [5, 5.41) is 3.99. The number of halogens is 2. The Balaban J connectivity index is 2.34. The first-order chi connectivity index (χ1) is 10.9. The molecule has 0 radical (unpaired) electrons. The third kappa shape index (κ3) is 7.82. The molecule has 1 rings (SSSR count). The molecule has 5 nitrogen and oxygen atoms in total. The lowest BCUT2D eigenvalue weighted by Gasteiger charge is -2.22. The van der Waals surface area contributed by atoms with E-state index in [-0.39, 0.29) is 6.16 Å². The standard InChI is InChI=1S/C15H24ClINO4P/c1-3-21-15(22-4-2)23(19,20)9-5-8-18-11-12-6-7-14(17)13(16)10-12/h6-7,10,15,18H,3-5,8-9,11H2,1-2H3,(H,19,20). The largest absolute Gasteiger partial charge is 0.345 e. The van der Waals surface area contributed by atoms with Gasteiger partial charge in [-0.15, -0.1) is 0 Å². The van der Waals surface area contributed by atoms with Crippen LogP contribution in [0.2, 0.25) is 5.02 Å². The van der Waals surface area contributed by atoms with Crippen molar-refractivity contribution in [2.45, 2.75) is 32.8 Å². The van der Waals surface area contributed by atoms with Gasteiger partial charge in [-0.3, -0.25) is 4.57 Å². The number of hydrogen-bond donors (Lipinski definition) is 2. The van der Waals surface area contributed by atoms with Gasteiger partial charge in [0, 0.05) is 29.5 Å². The predicted octanol–water partition coefficient (Wildman–Crippen LogP) is 4.05. The molecule has 8 heteroatoms. The first-order valence-corrected chi connectivity index (χ1v) is 11.0. The van der Waals surface area contributed by atoms with E-state index in [1.54, 1.807) is 13.8 Å². The van der Waals surface area contributed by atoms with Gasteiger partial charge in [0.25, 0.3) is 7.37 Å². The Hall–Kier alpha value is 0.310. The molecule has 0 aliphatic carbocycles. The quantitative estimate of drug-likeness (QED) is 0.219. The van der Waals surface area contributed by atoms with E-state index >= 15 is 0 Å². The Bertz CT molecular complexity index is 526. The molecule has 0 aromatic heterocycles. The zero-order chi connectivity index (χ0) is 17.3. The molecule has 0 saturated carbocycles. The molecule has 0 heterocycles. The molecule has 2 N–H and O–H groups in total. The molecule has 1 unspecified atom stereocenters. The van der Waals surface area contributed by atoms with E-state index in [9.17, 15) is 9.46 Å². The molecule has 1 aromatic carbocycles. The van der Waals surface area contributed by atoms with Crippen molar-refractivity contribution in [1.82, 2.24) is 5.32 Å². The van der Waals surface area contributed by atoms with Crippen LogP contribution in [-0.2, 0) is 20.6 Å². The molecule has 0 bridgehead atoms. The van der Waals surface area contributed by atoms with E-state index in [0.29, 0.717) is 32.7 Å². The maximum atomic E-state index is 12.3. The lowest BCUT2D eigenvalue weighted by Crippen LogP contribution is -2.21. The van der Waals surface area contributed by atoms with Crippen LogP contribution in [0.1, 0.15) is 25.8 Å². The number of benzene rings is 1.